The minimum Gasteiger partial charge on any atom is -0.394 e. The van der Waals surface area contributed by atoms with Gasteiger partial charge in [-0.2, -0.15) is 0 Å². The number of benzene rings is 9. The molecule has 0 radical (unpaired) electrons. The van der Waals surface area contributed by atoms with Gasteiger partial charge in [-0.1, -0.05) is 133 Å². The fourth-order valence-corrected chi connectivity index (χ4v) is 9.65. The second-order valence-electron chi connectivity index (χ2n) is 14.0. The van der Waals surface area contributed by atoms with Crippen molar-refractivity contribution >= 4 is 73.8 Å². The minimum absolute atomic E-state index is 0.343. The monoisotopic (exact) mass is 702 g/mol. The van der Waals surface area contributed by atoms with Crippen LogP contribution in [0.2, 0.25) is 0 Å². The summed E-state index contributed by atoms with van der Waals surface area (Å²) in [7, 11) is -4.74. The van der Waals surface area contributed by atoms with Crippen molar-refractivity contribution in [2.24, 2.45) is 0 Å². The maximum absolute atomic E-state index is 14.5. The molecule has 4 nitrogen and oxygen atoms in total. The molecule has 11 rings (SSSR count). The molecule has 9 aromatic carbocycles. The fraction of sp³-hybridized carbons (Fsp3) is 0.0417. The Morgan fingerprint density at radius 1 is 0.434 bits per heavy atom. The molecule has 0 aromatic heterocycles. The molecule has 252 valence electrons. The third-order valence-electron chi connectivity index (χ3n) is 11.0. The van der Waals surface area contributed by atoms with Gasteiger partial charge in [0.2, 0.25) is 0 Å². The summed E-state index contributed by atoms with van der Waals surface area (Å²) < 4.78 is 27.3. The summed E-state index contributed by atoms with van der Waals surface area (Å²) in [4.78, 5) is 11.8. The van der Waals surface area contributed by atoms with Gasteiger partial charge in [-0.15, -0.1) is 0 Å². The molecule has 5 heteroatoms. The predicted molar refractivity (Wildman–Crippen MR) is 219 cm³/mol. The SMILES string of the molecule is O=P1(O)Oc2c(-c3cc4ccccc4c4ccccc34)cc3c(c2-c2c(c(-c4cc5ccccc5c5ccccc45)cc4ccccc24)O1)=CCCC=3. The Balaban J connectivity index is 1.33. The van der Waals surface area contributed by atoms with Crippen LogP contribution in [0, 0.1) is 0 Å². The standard InChI is InChI=1S/C48H31O4P/c49-53(50)51-47-43(41-25-29-13-1-5-17-33(29)37-21-9-11-23-39(37)41)27-31-15-3-7-19-35(31)45(47)46-36-20-8-4-16-32(36)28-44(48(46)52-53)42-26-30-14-2-6-18-34(30)38-22-10-12-24-40(38)42/h1-3,5-7,9-28H,4,8H2,(H,49,50). The molecule has 1 heterocycles. The van der Waals surface area contributed by atoms with E-state index in [1.807, 2.05) is 36.4 Å². The zero-order valence-corrected chi connectivity index (χ0v) is 29.4. The summed E-state index contributed by atoms with van der Waals surface area (Å²) >= 11 is 0. The maximum Gasteiger partial charge on any atom is 0.584 e. The summed E-state index contributed by atoms with van der Waals surface area (Å²) in [6, 6.07) is 50.3. The fourth-order valence-electron chi connectivity index (χ4n) is 8.77. The van der Waals surface area contributed by atoms with Gasteiger partial charge in [0.25, 0.3) is 0 Å². The van der Waals surface area contributed by atoms with E-state index in [-0.39, 0.29) is 0 Å². The highest BCUT2D eigenvalue weighted by atomic mass is 31.2. The molecule has 1 aliphatic heterocycles. The molecule has 2 aliphatic rings. The third-order valence-corrected chi connectivity index (χ3v) is 11.8. The first-order valence-electron chi connectivity index (χ1n) is 18.0. The van der Waals surface area contributed by atoms with Crippen molar-refractivity contribution in [3.05, 3.63) is 156 Å². The van der Waals surface area contributed by atoms with Gasteiger partial charge in [-0.25, -0.2) is 4.57 Å². The zero-order valence-electron chi connectivity index (χ0n) is 28.5. The number of hydrogen-bond donors (Lipinski definition) is 1. The minimum atomic E-state index is -4.74. The van der Waals surface area contributed by atoms with E-state index in [9.17, 15) is 9.46 Å². The molecule has 1 N–H and O–H groups in total. The van der Waals surface area contributed by atoms with Crippen molar-refractivity contribution in [1.82, 2.24) is 0 Å². The summed E-state index contributed by atoms with van der Waals surface area (Å²) in [5.41, 5.74) is 4.88. The quantitative estimate of drug-likeness (QED) is 0.144. The molecule has 1 aliphatic carbocycles. The van der Waals surface area contributed by atoms with Crippen molar-refractivity contribution < 1.29 is 18.5 Å². The number of fused-ring (bicyclic) bond motifs is 13. The van der Waals surface area contributed by atoms with Crippen LogP contribution in [0.5, 0.6) is 11.5 Å². The van der Waals surface area contributed by atoms with Crippen LogP contribution in [0.4, 0.5) is 0 Å². The molecule has 9 aromatic rings. The van der Waals surface area contributed by atoms with E-state index in [1.165, 1.54) is 0 Å². The molecule has 0 amide bonds. The van der Waals surface area contributed by atoms with Gasteiger partial charge in [0.15, 0.2) is 0 Å². The first-order valence-corrected chi connectivity index (χ1v) is 19.5. The highest BCUT2D eigenvalue weighted by Gasteiger charge is 2.38. The average molecular weight is 703 g/mol. The van der Waals surface area contributed by atoms with Crippen LogP contribution < -0.4 is 19.5 Å². The van der Waals surface area contributed by atoms with Crippen molar-refractivity contribution in [2.75, 3.05) is 0 Å². The van der Waals surface area contributed by atoms with Crippen LogP contribution in [0.15, 0.2) is 146 Å². The Bertz CT molecular complexity index is 3240. The van der Waals surface area contributed by atoms with Gasteiger partial charge in [0, 0.05) is 22.3 Å². The van der Waals surface area contributed by atoms with Crippen LogP contribution in [0.3, 0.4) is 0 Å². The van der Waals surface area contributed by atoms with Crippen LogP contribution in [-0.4, -0.2) is 4.89 Å². The Labute approximate surface area is 305 Å². The van der Waals surface area contributed by atoms with Crippen molar-refractivity contribution in [3.63, 3.8) is 0 Å². The molecular formula is C48H31O4P. The Hall–Kier alpha value is -6.19. The number of hydrogen-bond acceptors (Lipinski definition) is 3. The lowest BCUT2D eigenvalue weighted by molar-refractivity contribution is 0.295. The number of rotatable bonds is 2. The van der Waals surface area contributed by atoms with Gasteiger partial charge >= 0.3 is 7.82 Å². The molecule has 0 saturated heterocycles. The summed E-state index contributed by atoms with van der Waals surface area (Å²) in [5.74, 6) is 0.696. The van der Waals surface area contributed by atoms with E-state index >= 15 is 0 Å². The zero-order chi connectivity index (χ0) is 35.3. The van der Waals surface area contributed by atoms with Gasteiger partial charge < -0.3 is 9.05 Å². The highest BCUT2D eigenvalue weighted by Crippen LogP contribution is 2.60. The number of phosphoric acid groups is 1. The molecule has 1 atom stereocenters. The van der Waals surface area contributed by atoms with E-state index in [2.05, 4.69) is 121 Å². The largest absolute Gasteiger partial charge is 0.584 e. The van der Waals surface area contributed by atoms with Gasteiger partial charge in [-0.05, 0) is 113 Å². The second kappa shape index (κ2) is 11.4. The van der Waals surface area contributed by atoms with E-state index in [0.29, 0.717) is 11.5 Å². The summed E-state index contributed by atoms with van der Waals surface area (Å²) in [6.45, 7) is 0. The summed E-state index contributed by atoms with van der Waals surface area (Å²) in [6.07, 6.45) is 6.26. The third kappa shape index (κ3) is 4.63. The molecule has 0 fully saturated rings. The molecule has 0 spiro atoms. The predicted octanol–water partition coefficient (Wildman–Crippen LogP) is 11.7. The Kier molecular flexibility index (Phi) is 6.55. The van der Waals surface area contributed by atoms with Crippen LogP contribution in [0.25, 0.3) is 99.4 Å². The first kappa shape index (κ1) is 30.4. The van der Waals surface area contributed by atoms with Crippen LogP contribution >= 0.6 is 7.82 Å². The van der Waals surface area contributed by atoms with E-state index in [0.717, 1.165) is 111 Å². The van der Waals surface area contributed by atoms with Crippen LogP contribution in [-0.2, 0) is 4.57 Å². The molecule has 1 unspecified atom stereocenters. The Morgan fingerprint density at radius 3 is 1.43 bits per heavy atom. The Morgan fingerprint density at radius 2 is 0.849 bits per heavy atom. The van der Waals surface area contributed by atoms with Crippen LogP contribution in [0.1, 0.15) is 12.8 Å². The lowest BCUT2D eigenvalue weighted by atomic mass is 9.84. The lowest BCUT2D eigenvalue weighted by Gasteiger charge is -2.20. The molecule has 0 bridgehead atoms. The normalized spacial score (nSPS) is 16.2. The van der Waals surface area contributed by atoms with E-state index in [4.69, 9.17) is 9.05 Å². The first-order chi connectivity index (χ1) is 26.0. The van der Waals surface area contributed by atoms with Crippen molar-refractivity contribution in [1.29, 1.82) is 0 Å². The maximum atomic E-state index is 14.5. The lowest BCUT2D eigenvalue weighted by Crippen LogP contribution is -2.29. The molecule has 53 heavy (non-hydrogen) atoms. The second-order valence-corrected chi connectivity index (χ2v) is 15.3. The van der Waals surface area contributed by atoms with Gasteiger partial charge in [0.05, 0.1) is 0 Å². The average Bonchev–Trinajstić information content (AvgIpc) is 3.33. The highest BCUT2D eigenvalue weighted by molar-refractivity contribution is 7.48. The molecular weight excluding hydrogens is 671 g/mol. The smallest absolute Gasteiger partial charge is 0.394 e. The van der Waals surface area contributed by atoms with E-state index < -0.39 is 7.82 Å². The summed E-state index contributed by atoms with van der Waals surface area (Å²) in [5, 5.41) is 12.7. The van der Waals surface area contributed by atoms with Crippen molar-refractivity contribution in [3.8, 4) is 44.9 Å². The van der Waals surface area contributed by atoms with Crippen molar-refractivity contribution in [2.45, 2.75) is 12.8 Å². The molecule has 0 saturated carbocycles. The van der Waals surface area contributed by atoms with E-state index in [1.54, 1.807) is 0 Å². The number of phosphoric ester groups is 1. The van der Waals surface area contributed by atoms with Gasteiger partial charge in [0.1, 0.15) is 11.5 Å². The van der Waals surface area contributed by atoms with Gasteiger partial charge in [-0.3, -0.25) is 4.89 Å². The topological polar surface area (TPSA) is 55.8 Å².